The second kappa shape index (κ2) is 4.44. The lowest BCUT2D eigenvalue weighted by molar-refractivity contribution is 0.0526. The molecule has 0 N–H and O–H groups in total. The predicted molar refractivity (Wildman–Crippen MR) is 60.3 cm³/mol. The normalized spacial score (nSPS) is 10.4. The van der Waals surface area contributed by atoms with E-state index in [0.29, 0.717) is 11.6 Å². The lowest BCUT2D eigenvalue weighted by Crippen LogP contribution is -2.03. The fraction of sp³-hybridized carbons (Fsp3) is 0.300. The largest absolute Gasteiger partial charge is 0.461 e. The number of aryl methyl sites for hydroxylation is 1. The molecule has 0 aliphatic carbocycles. The highest BCUT2D eigenvalue weighted by Gasteiger charge is 2.14. The number of carbonyl (C=O) groups excluding carboxylic acids is 1. The predicted octanol–water partition coefficient (Wildman–Crippen LogP) is 1.72. The van der Waals surface area contributed by atoms with E-state index in [1.54, 1.807) is 24.0 Å². The van der Waals surface area contributed by atoms with Gasteiger partial charge in [0.05, 0.1) is 17.2 Å². The molecule has 0 radical (unpaired) electrons. The minimum atomic E-state index is -0.374. The van der Waals surface area contributed by atoms with Gasteiger partial charge in [0.25, 0.3) is 0 Å². The smallest absolute Gasteiger partial charge is 0.367 e. The van der Waals surface area contributed by atoms with E-state index in [0.717, 1.165) is 10.6 Å². The summed E-state index contributed by atoms with van der Waals surface area (Å²) in [7, 11) is 1.85. The maximum absolute atomic E-state index is 11.4. The third-order valence-corrected chi connectivity index (χ3v) is 3.03. The van der Waals surface area contributed by atoms with Crippen molar-refractivity contribution in [1.29, 1.82) is 0 Å². The summed E-state index contributed by atoms with van der Waals surface area (Å²) >= 11 is 1.31. The molecule has 0 amide bonds. The number of hydrogen-bond acceptors (Lipinski definition) is 5. The van der Waals surface area contributed by atoms with Gasteiger partial charge in [0, 0.05) is 19.4 Å². The average Bonchev–Trinajstić information content (AvgIpc) is 2.86. The highest BCUT2D eigenvalue weighted by Crippen LogP contribution is 2.25. The molecule has 0 saturated carbocycles. The second-order valence-corrected chi connectivity index (χ2v) is 4.12. The summed E-state index contributed by atoms with van der Waals surface area (Å²) in [5.41, 5.74) is 0.938. The van der Waals surface area contributed by atoms with Gasteiger partial charge in [0.2, 0.25) is 5.01 Å². The molecule has 0 aliphatic heterocycles. The van der Waals surface area contributed by atoms with E-state index in [1.165, 1.54) is 11.3 Å². The van der Waals surface area contributed by atoms with Gasteiger partial charge in [0.15, 0.2) is 0 Å². The van der Waals surface area contributed by atoms with Crippen molar-refractivity contribution in [2.45, 2.75) is 6.92 Å². The number of esters is 1. The van der Waals surface area contributed by atoms with Gasteiger partial charge in [-0.1, -0.05) is 0 Å². The van der Waals surface area contributed by atoms with Crippen LogP contribution in [-0.2, 0) is 11.8 Å². The van der Waals surface area contributed by atoms with Crippen LogP contribution in [0.4, 0.5) is 0 Å². The van der Waals surface area contributed by atoms with Crippen LogP contribution in [0.25, 0.3) is 10.6 Å². The molecule has 0 unspecified atom stereocenters. The molecule has 16 heavy (non-hydrogen) atoms. The molecule has 6 heteroatoms. The lowest BCUT2D eigenvalue weighted by Gasteiger charge is -1.96. The number of ether oxygens (including phenoxy) is 1. The van der Waals surface area contributed by atoms with Crippen LogP contribution in [-0.4, -0.2) is 27.3 Å². The molecule has 2 aromatic heterocycles. The number of nitrogens with zero attached hydrogens (tertiary/aromatic N) is 3. The van der Waals surface area contributed by atoms with Gasteiger partial charge >= 0.3 is 5.97 Å². The van der Waals surface area contributed by atoms with Crippen molar-refractivity contribution in [2.24, 2.45) is 7.05 Å². The number of carbonyl (C=O) groups is 1. The second-order valence-electron chi connectivity index (χ2n) is 3.09. The topological polar surface area (TPSA) is 57.0 Å². The molecule has 0 aromatic carbocycles. The fourth-order valence-electron chi connectivity index (χ4n) is 1.30. The van der Waals surface area contributed by atoms with E-state index in [2.05, 4.69) is 10.1 Å². The van der Waals surface area contributed by atoms with E-state index in [1.807, 2.05) is 13.1 Å². The highest BCUT2D eigenvalue weighted by atomic mass is 32.1. The van der Waals surface area contributed by atoms with Gasteiger partial charge in [0.1, 0.15) is 0 Å². The minimum absolute atomic E-state index is 0.361. The molecule has 0 saturated heterocycles. The number of rotatable bonds is 3. The van der Waals surface area contributed by atoms with Crippen LogP contribution >= 0.6 is 11.3 Å². The molecular formula is C10H11N3O2S. The van der Waals surface area contributed by atoms with E-state index < -0.39 is 0 Å². The first-order valence-corrected chi connectivity index (χ1v) is 5.65. The summed E-state index contributed by atoms with van der Waals surface area (Å²) in [6.45, 7) is 2.13. The monoisotopic (exact) mass is 237 g/mol. The van der Waals surface area contributed by atoms with Crippen molar-refractivity contribution >= 4 is 17.3 Å². The standard InChI is InChI=1S/C10H11N3O2S/c1-3-15-10(14)9-11-6-8(16-9)7-4-5-12-13(7)2/h4-6H,3H2,1-2H3. The van der Waals surface area contributed by atoms with E-state index >= 15 is 0 Å². The van der Waals surface area contributed by atoms with Crippen LogP contribution in [0.3, 0.4) is 0 Å². The quantitative estimate of drug-likeness (QED) is 0.763. The van der Waals surface area contributed by atoms with Crippen molar-refractivity contribution in [3.8, 4) is 10.6 Å². The summed E-state index contributed by atoms with van der Waals surface area (Å²) in [5.74, 6) is -0.374. The van der Waals surface area contributed by atoms with Crippen molar-refractivity contribution in [1.82, 2.24) is 14.8 Å². The molecule has 0 atom stereocenters. The Morgan fingerprint density at radius 2 is 2.44 bits per heavy atom. The zero-order chi connectivity index (χ0) is 11.5. The first-order valence-electron chi connectivity index (χ1n) is 4.83. The molecule has 0 spiro atoms. The third kappa shape index (κ3) is 1.96. The van der Waals surface area contributed by atoms with Gasteiger partial charge in [-0.15, -0.1) is 11.3 Å². The Bertz CT molecular complexity index is 504. The average molecular weight is 237 g/mol. The Morgan fingerprint density at radius 1 is 1.62 bits per heavy atom. The molecule has 84 valence electrons. The van der Waals surface area contributed by atoms with Crippen LogP contribution in [0.2, 0.25) is 0 Å². The van der Waals surface area contributed by atoms with Gasteiger partial charge in [-0.05, 0) is 13.0 Å². The minimum Gasteiger partial charge on any atom is -0.461 e. The van der Waals surface area contributed by atoms with E-state index in [9.17, 15) is 4.79 Å². The Morgan fingerprint density at radius 3 is 3.06 bits per heavy atom. The maximum atomic E-state index is 11.4. The van der Waals surface area contributed by atoms with E-state index in [-0.39, 0.29) is 5.97 Å². The first-order chi connectivity index (χ1) is 7.72. The van der Waals surface area contributed by atoms with Crippen molar-refractivity contribution < 1.29 is 9.53 Å². The van der Waals surface area contributed by atoms with Crippen molar-refractivity contribution in [3.05, 3.63) is 23.5 Å². The number of thiazole rings is 1. The molecule has 2 rings (SSSR count). The van der Waals surface area contributed by atoms with Crippen molar-refractivity contribution in [2.75, 3.05) is 6.61 Å². The Balaban J connectivity index is 2.26. The molecule has 2 aromatic rings. The van der Waals surface area contributed by atoms with Crippen LogP contribution in [0.5, 0.6) is 0 Å². The molecule has 2 heterocycles. The molecule has 5 nitrogen and oxygen atoms in total. The summed E-state index contributed by atoms with van der Waals surface area (Å²) in [4.78, 5) is 16.4. The van der Waals surface area contributed by atoms with Crippen LogP contribution < -0.4 is 0 Å². The summed E-state index contributed by atoms with van der Waals surface area (Å²) < 4.78 is 6.61. The summed E-state index contributed by atoms with van der Waals surface area (Å²) in [5, 5.41) is 4.44. The fourth-order valence-corrected chi connectivity index (χ4v) is 2.16. The molecule has 0 aliphatic rings. The zero-order valence-electron chi connectivity index (χ0n) is 9.01. The van der Waals surface area contributed by atoms with E-state index in [4.69, 9.17) is 4.74 Å². The van der Waals surface area contributed by atoms with Gasteiger partial charge in [-0.25, -0.2) is 9.78 Å². The summed E-state index contributed by atoms with van der Waals surface area (Å²) in [6.07, 6.45) is 3.37. The molecular weight excluding hydrogens is 226 g/mol. The SMILES string of the molecule is CCOC(=O)c1ncc(-c2ccnn2C)s1. The molecule has 0 fully saturated rings. The van der Waals surface area contributed by atoms with Gasteiger partial charge in [-0.3, -0.25) is 4.68 Å². The van der Waals surface area contributed by atoms with Crippen LogP contribution in [0.15, 0.2) is 18.5 Å². The number of hydrogen-bond donors (Lipinski definition) is 0. The lowest BCUT2D eigenvalue weighted by atomic mass is 10.4. The maximum Gasteiger partial charge on any atom is 0.367 e. The Hall–Kier alpha value is -1.69. The molecule has 0 bridgehead atoms. The first kappa shape index (κ1) is 10.8. The van der Waals surface area contributed by atoms with Crippen LogP contribution in [0.1, 0.15) is 16.7 Å². The van der Waals surface area contributed by atoms with Gasteiger partial charge in [-0.2, -0.15) is 5.10 Å². The van der Waals surface area contributed by atoms with Crippen molar-refractivity contribution in [3.63, 3.8) is 0 Å². The van der Waals surface area contributed by atoms with Crippen LogP contribution in [0, 0.1) is 0 Å². The third-order valence-electron chi connectivity index (χ3n) is 2.03. The summed E-state index contributed by atoms with van der Waals surface area (Å²) in [6, 6.07) is 1.88. The Labute approximate surface area is 96.7 Å². The highest BCUT2D eigenvalue weighted by molar-refractivity contribution is 7.16. The zero-order valence-corrected chi connectivity index (χ0v) is 9.82. The Kier molecular flexibility index (Phi) is 3.00. The van der Waals surface area contributed by atoms with Gasteiger partial charge < -0.3 is 4.74 Å². The number of aromatic nitrogens is 3.